The van der Waals surface area contributed by atoms with E-state index < -0.39 is 21.2 Å². The Morgan fingerprint density at radius 2 is 1.58 bits per heavy atom. The standard InChI is InChI=1S/C25H15N3O5/c26-16-19(22-10-5-8-17-6-1-3-9-21(17)22)14-18-7-2-4-11-24(18)33-25-13-12-20(27(29)30)15-23(25)28(31)32/h1-15H/b19-14-. The van der Waals surface area contributed by atoms with Gasteiger partial charge in [0, 0.05) is 17.2 Å². The Labute approximate surface area is 187 Å². The molecule has 4 aromatic carbocycles. The van der Waals surface area contributed by atoms with Gasteiger partial charge in [-0.2, -0.15) is 5.26 Å². The van der Waals surface area contributed by atoms with Crippen LogP contribution in [0.5, 0.6) is 11.5 Å². The van der Waals surface area contributed by atoms with Crippen LogP contribution < -0.4 is 4.74 Å². The molecule has 0 spiro atoms. The molecule has 0 atom stereocenters. The lowest BCUT2D eigenvalue weighted by atomic mass is 9.97. The lowest BCUT2D eigenvalue weighted by Gasteiger charge is -2.10. The lowest BCUT2D eigenvalue weighted by molar-refractivity contribution is -0.394. The Balaban J connectivity index is 1.79. The number of benzene rings is 4. The van der Waals surface area contributed by atoms with E-state index in [0.717, 1.165) is 28.5 Å². The van der Waals surface area contributed by atoms with E-state index in [1.807, 2.05) is 42.5 Å². The monoisotopic (exact) mass is 437 g/mol. The van der Waals surface area contributed by atoms with E-state index in [9.17, 15) is 25.5 Å². The highest BCUT2D eigenvalue weighted by molar-refractivity contribution is 6.02. The first kappa shape index (κ1) is 21.2. The number of ether oxygens (including phenoxy) is 1. The van der Waals surface area contributed by atoms with Crippen molar-refractivity contribution in [3.63, 3.8) is 0 Å². The van der Waals surface area contributed by atoms with E-state index in [1.54, 1.807) is 30.3 Å². The van der Waals surface area contributed by atoms with E-state index in [2.05, 4.69) is 6.07 Å². The van der Waals surface area contributed by atoms with Gasteiger partial charge in [-0.05, 0) is 29.0 Å². The molecular weight excluding hydrogens is 422 g/mol. The molecular formula is C25H15N3O5. The van der Waals surface area contributed by atoms with Crippen LogP contribution in [0.2, 0.25) is 0 Å². The lowest BCUT2D eigenvalue weighted by Crippen LogP contribution is -1.97. The number of para-hydroxylation sites is 1. The molecule has 0 aliphatic carbocycles. The molecule has 0 aromatic heterocycles. The van der Waals surface area contributed by atoms with E-state index >= 15 is 0 Å². The number of rotatable bonds is 6. The zero-order valence-corrected chi connectivity index (χ0v) is 17.0. The number of nitro groups is 2. The van der Waals surface area contributed by atoms with E-state index in [4.69, 9.17) is 4.74 Å². The SMILES string of the molecule is N#C/C(=C/c1ccccc1Oc1ccc([N+](=O)[O-])cc1[N+](=O)[O-])c1cccc2ccccc12. The smallest absolute Gasteiger partial charge is 0.318 e. The molecule has 0 fully saturated rings. The molecule has 0 amide bonds. The zero-order chi connectivity index (χ0) is 23.4. The summed E-state index contributed by atoms with van der Waals surface area (Å²) in [6.07, 6.45) is 1.65. The third-order valence-electron chi connectivity index (χ3n) is 4.99. The number of fused-ring (bicyclic) bond motifs is 1. The summed E-state index contributed by atoms with van der Waals surface area (Å²) in [6, 6.07) is 25.5. The first-order valence-electron chi connectivity index (χ1n) is 9.77. The summed E-state index contributed by atoms with van der Waals surface area (Å²) in [4.78, 5) is 21.0. The quantitative estimate of drug-likeness (QED) is 0.147. The van der Waals surface area contributed by atoms with Crippen molar-refractivity contribution < 1.29 is 14.6 Å². The Morgan fingerprint density at radius 3 is 2.33 bits per heavy atom. The topological polar surface area (TPSA) is 119 Å². The molecule has 4 rings (SSSR count). The summed E-state index contributed by atoms with van der Waals surface area (Å²) in [7, 11) is 0. The third-order valence-corrected chi connectivity index (χ3v) is 4.99. The van der Waals surface area contributed by atoms with Crippen LogP contribution in [0.25, 0.3) is 22.4 Å². The molecule has 160 valence electrons. The van der Waals surface area contributed by atoms with E-state index in [-0.39, 0.29) is 11.5 Å². The molecule has 0 saturated carbocycles. The van der Waals surface area contributed by atoms with Crippen molar-refractivity contribution in [1.82, 2.24) is 0 Å². The molecule has 0 unspecified atom stereocenters. The van der Waals surface area contributed by atoms with E-state index in [0.29, 0.717) is 11.1 Å². The minimum Gasteiger partial charge on any atom is -0.449 e. The number of nitro benzene ring substituents is 2. The van der Waals surface area contributed by atoms with Gasteiger partial charge in [0.25, 0.3) is 5.69 Å². The van der Waals surface area contributed by atoms with Crippen molar-refractivity contribution in [3.05, 3.63) is 116 Å². The molecule has 0 bridgehead atoms. The van der Waals surface area contributed by atoms with E-state index in [1.165, 1.54) is 6.07 Å². The van der Waals surface area contributed by atoms with Gasteiger partial charge in [0.2, 0.25) is 5.75 Å². The Hall–Kier alpha value is -5.03. The molecule has 0 aliphatic heterocycles. The summed E-state index contributed by atoms with van der Waals surface area (Å²) in [5, 5.41) is 34.2. The molecule has 0 N–H and O–H groups in total. The fourth-order valence-electron chi connectivity index (χ4n) is 3.45. The van der Waals surface area contributed by atoms with Crippen LogP contribution in [0.3, 0.4) is 0 Å². The highest BCUT2D eigenvalue weighted by Crippen LogP contribution is 2.37. The van der Waals surface area contributed by atoms with Crippen molar-refractivity contribution in [1.29, 1.82) is 5.26 Å². The van der Waals surface area contributed by atoms with Crippen LogP contribution >= 0.6 is 0 Å². The predicted octanol–water partition coefficient (Wildman–Crippen LogP) is 6.51. The molecule has 8 nitrogen and oxygen atoms in total. The average molecular weight is 437 g/mol. The Bertz CT molecular complexity index is 1470. The molecule has 8 heteroatoms. The number of nitrogens with zero attached hydrogens (tertiary/aromatic N) is 3. The highest BCUT2D eigenvalue weighted by Gasteiger charge is 2.22. The number of hydrogen-bond donors (Lipinski definition) is 0. The van der Waals surface area contributed by atoms with Gasteiger partial charge in [0.15, 0.2) is 0 Å². The molecule has 0 saturated heterocycles. The predicted molar refractivity (Wildman–Crippen MR) is 124 cm³/mol. The zero-order valence-electron chi connectivity index (χ0n) is 17.0. The Kier molecular flexibility index (Phi) is 5.78. The summed E-state index contributed by atoms with van der Waals surface area (Å²) in [5.41, 5.74) is 0.713. The molecule has 4 aromatic rings. The maximum atomic E-state index is 11.5. The van der Waals surface area contributed by atoms with Gasteiger partial charge in [-0.1, -0.05) is 60.7 Å². The van der Waals surface area contributed by atoms with Crippen LogP contribution in [0.15, 0.2) is 84.9 Å². The first-order valence-corrected chi connectivity index (χ1v) is 9.77. The number of non-ortho nitro benzene ring substituents is 1. The third kappa shape index (κ3) is 4.38. The second kappa shape index (κ2) is 8.99. The van der Waals surface area contributed by atoms with Crippen molar-refractivity contribution in [3.8, 4) is 17.6 Å². The van der Waals surface area contributed by atoms with Crippen LogP contribution in [0.4, 0.5) is 11.4 Å². The van der Waals surface area contributed by atoms with Crippen LogP contribution in [-0.4, -0.2) is 9.85 Å². The van der Waals surface area contributed by atoms with Gasteiger partial charge in [-0.15, -0.1) is 0 Å². The van der Waals surface area contributed by atoms with Crippen LogP contribution in [-0.2, 0) is 0 Å². The number of hydrogen-bond acceptors (Lipinski definition) is 6. The van der Waals surface area contributed by atoms with Gasteiger partial charge >= 0.3 is 5.69 Å². The second-order valence-corrected chi connectivity index (χ2v) is 7.00. The average Bonchev–Trinajstić information content (AvgIpc) is 2.83. The summed E-state index contributed by atoms with van der Waals surface area (Å²) < 4.78 is 5.79. The minimum atomic E-state index is -0.738. The summed E-state index contributed by atoms with van der Waals surface area (Å²) in [5.74, 6) is 0.123. The summed E-state index contributed by atoms with van der Waals surface area (Å²) in [6.45, 7) is 0. The minimum absolute atomic E-state index is 0.143. The normalized spacial score (nSPS) is 11.1. The maximum Gasteiger partial charge on any atom is 0.318 e. The maximum absolute atomic E-state index is 11.5. The van der Waals surface area contributed by atoms with Crippen molar-refractivity contribution in [2.45, 2.75) is 0 Å². The van der Waals surface area contributed by atoms with Crippen molar-refractivity contribution >= 4 is 33.8 Å². The number of allylic oxidation sites excluding steroid dienone is 1. The van der Waals surface area contributed by atoms with Crippen molar-refractivity contribution in [2.75, 3.05) is 0 Å². The highest BCUT2D eigenvalue weighted by atomic mass is 16.6. The largest absolute Gasteiger partial charge is 0.449 e. The van der Waals surface area contributed by atoms with Gasteiger partial charge in [-0.25, -0.2) is 0 Å². The van der Waals surface area contributed by atoms with Gasteiger partial charge in [-0.3, -0.25) is 20.2 Å². The van der Waals surface area contributed by atoms with Crippen molar-refractivity contribution in [2.24, 2.45) is 0 Å². The Morgan fingerprint density at radius 1 is 0.848 bits per heavy atom. The van der Waals surface area contributed by atoms with Gasteiger partial charge < -0.3 is 4.74 Å². The molecule has 33 heavy (non-hydrogen) atoms. The van der Waals surface area contributed by atoms with Gasteiger partial charge in [0.1, 0.15) is 5.75 Å². The van der Waals surface area contributed by atoms with Crippen LogP contribution in [0.1, 0.15) is 11.1 Å². The fourth-order valence-corrected chi connectivity index (χ4v) is 3.45. The molecule has 0 heterocycles. The summed E-state index contributed by atoms with van der Waals surface area (Å²) >= 11 is 0. The molecule has 0 aliphatic rings. The van der Waals surface area contributed by atoms with Crippen LogP contribution in [0, 0.1) is 31.6 Å². The molecule has 0 radical (unpaired) electrons. The van der Waals surface area contributed by atoms with Gasteiger partial charge in [0.05, 0.1) is 27.6 Å². The second-order valence-electron chi connectivity index (χ2n) is 7.00. The number of nitriles is 1. The first-order chi connectivity index (χ1) is 16.0. The fraction of sp³-hybridized carbons (Fsp3) is 0.